The van der Waals surface area contributed by atoms with E-state index in [1.165, 1.54) is 12.8 Å². The van der Waals surface area contributed by atoms with Gasteiger partial charge in [-0.05, 0) is 32.1 Å². The minimum Gasteiger partial charge on any atom is -0.350 e. The fraction of sp³-hybridized carbons (Fsp3) is 0.900. The van der Waals surface area contributed by atoms with Gasteiger partial charge >= 0.3 is 0 Å². The van der Waals surface area contributed by atoms with E-state index in [-0.39, 0.29) is 16.9 Å². The lowest BCUT2D eigenvalue weighted by atomic mass is 9.73. The lowest BCUT2D eigenvalue weighted by molar-refractivity contribution is -0.136. The molecule has 2 heteroatoms. The minimum absolute atomic E-state index is 0.122. The van der Waals surface area contributed by atoms with Crippen LogP contribution in [0.3, 0.4) is 0 Å². The van der Waals surface area contributed by atoms with Gasteiger partial charge in [0.15, 0.2) is 0 Å². The zero-order valence-electron chi connectivity index (χ0n) is 8.11. The predicted molar refractivity (Wildman–Crippen MR) is 47.7 cm³/mol. The van der Waals surface area contributed by atoms with Crippen LogP contribution in [0.4, 0.5) is 0 Å². The number of fused-ring (bicyclic) bond motifs is 2. The molecule has 0 aromatic rings. The molecule has 1 amide bonds. The van der Waals surface area contributed by atoms with E-state index in [4.69, 9.17) is 0 Å². The summed E-state index contributed by atoms with van der Waals surface area (Å²) < 4.78 is 0. The van der Waals surface area contributed by atoms with Gasteiger partial charge in [-0.15, -0.1) is 0 Å². The third-order valence-corrected chi connectivity index (χ3v) is 3.76. The van der Waals surface area contributed by atoms with Crippen molar-refractivity contribution in [1.29, 1.82) is 0 Å². The lowest BCUT2D eigenvalue weighted by Gasteiger charge is -2.40. The fourth-order valence-electron chi connectivity index (χ4n) is 2.59. The number of nitrogens with one attached hydrogen (secondary N) is 1. The van der Waals surface area contributed by atoms with Gasteiger partial charge in [-0.3, -0.25) is 4.79 Å². The number of rotatable bonds is 0. The summed E-state index contributed by atoms with van der Waals surface area (Å²) in [5.41, 5.74) is -0.00667. The van der Waals surface area contributed by atoms with Gasteiger partial charge in [-0.25, -0.2) is 0 Å². The number of hydrogen-bond acceptors (Lipinski definition) is 1. The van der Waals surface area contributed by atoms with E-state index in [0.717, 1.165) is 6.42 Å². The first kappa shape index (κ1) is 8.09. The van der Waals surface area contributed by atoms with Crippen molar-refractivity contribution in [2.24, 2.45) is 11.3 Å². The van der Waals surface area contributed by atoms with Gasteiger partial charge in [0.25, 0.3) is 0 Å². The zero-order valence-corrected chi connectivity index (χ0v) is 8.11. The maximum absolute atomic E-state index is 11.7. The number of amides is 1. The van der Waals surface area contributed by atoms with Crippen LogP contribution in [0.2, 0.25) is 0 Å². The molecule has 1 saturated carbocycles. The summed E-state index contributed by atoms with van der Waals surface area (Å²) in [5, 5.41) is 3.14. The Morgan fingerprint density at radius 3 is 2.75 bits per heavy atom. The molecule has 2 nitrogen and oxygen atoms in total. The average molecular weight is 167 g/mol. The number of piperidine rings is 1. The summed E-state index contributed by atoms with van der Waals surface area (Å²) in [6.07, 6.45) is 3.54. The molecule has 1 heterocycles. The molecule has 2 atom stereocenters. The first-order valence-corrected chi connectivity index (χ1v) is 4.77. The Morgan fingerprint density at radius 1 is 1.42 bits per heavy atom. The number of carbonyl (C=O) groups is 1. The van der Waals surface area contributed by atoms with E-state index >= 15 is 0 Å². The summed E-state index contributed by atoms with van der Waals surface area (Å²) in [7, 11) is 0. The van der Waals surface area contributed by atoms with Gasteiger partial charge < -0.3 is 5.32 Å². The summed E-state index contributed by atoms with van der Waals surface area (Å²) in [6.45, 7) is 6.30. The molecule has 2 bridgehead atoms. The van der Waals surface area contributed by atoms with Crippen LogP contribution in [0, 0.1) is 11.3 Å². The molecule has 1 N–H and O–H groups in total. The van der Waals surface area contributed by atoms with Gasteiger partial charge in [0.2, 0.25) is 5.91 Å². The van der Waals surface area contributed by atoms with Crippen molar-refractivity contribution in [3.63, 3.8) is 0 Å². The van der Waals surface area contributed by atoms with Crippen LogP contribution in [-0.4, -0.2) is 11.4 Å². The Labute approximate surface area is 73.7 Å². The van der Waals surface area contributed by atoms with Crippen LogP contribution in [0.1, 0.15) is 40.0 Å². The molecule has 12 heavy (non-hydrogen) atoms. The zero-order chi connectivity index (χ0) is 8.98. The molecule has 2 aliphatic rings. The average Bonchev–Trinajstić information content (AvgIpc) is 2.28. The van der Waals surface area contributed by atoms with Gasteiger partial charge in [-0.2, -0.15) is 0 Å². The van der Waals surface area contributed by atoms with E-state index < -0.39 is 0 Å². The summed E-state index contributed by atoms with van der Waals surface area (Å²) in [4.78, 5) is 11.7. The topological polar surface area (TPSA) is 29.1 Å². The Hall–Kier alpha value is -0.530. The highest BCUT2D eigenvalue weighted by Crippen LogP contribution is 2.48. The Balaban J connectivity index is 2.32. The lowest BCUT2D eigenvalue weighted by Crippen LogP contribution is -2.55. The summed E-state index contributed by atoms with van der Waals surface area (Å²) >= 11 is 0. The summed E-state index contributed by atoms with van der Waals surface area (Å²) in [5.74, 6) is 0.856. The van der Waals surface area contributed by atoms with Crippen molar-refractivity contribution in [3.8, 4) is 0 Å². The molecule has 1 aliphatic heterocycles. The third-order valence-electron chi connectivity index (χ3n) is 3.76. The van der Waals surface area contributed by atoms with Crippen molar-refractivity contribution >= 4 is 5.91 Å². The van der Waals surface area contributed by atoms with Gasteiger partial charge in [0.05, 0.1) is 0 Å². The first-order chi connectivity index (χ1) is 5.44. The molecule has 1 saturated heterocycles. The Bertz CT molecular complexity index is 234. The smallest absolute Gasteiger partial charge is 0.226 e. The molecule has 2 fully saturated rings. The SMILES string of the molecule is CC12CCC(C1)C(C)(C)C(=O)N2. The maximum Gasteiger partial charge on any atom is 0.226 e. The number of carbonyl (C=O) groups excluding carboxylic acids is 1. The quantitative estimate of drug-likeness (QED) is 0.584. The first-order valence-electron chi connectivity index (χ1n) is 4.77. The van der Waals surface area contributed by atoms with Crippen LogP contribution in [0.15, 0.2) is 0 Å². The maximum atomic E-state index is 11.7. The molecule has 0 aromatic carbocycles. The molecule has 2 unspecified atom stereocenters. The highest BCUT2D eigenvalue weighted by Gasteiger charge is 2.51. The van der Waals surface area contributed by atoms with Gasteiger partial charge in [0.1, 0.15) is 0 Å². The monoisotopic (exact) mass is 167 g/mol. The molecular formula is C10H17NO. The highest BCUT2D eigenvalue weighted by atomic mass is 16.2. The van der Waals surface area contributed by atoms with Crippen LogP contribution in [0.5, 0.6) is 0 Å². The Morgan fingerprint density at radius 2 is 2.08 bits per heavy atom. The van der Waals surface area contributed by atoms with E-state index in [9.17, 15) is 4.79 Å². The predicted octanol–water partition coefficient (Wildman–Crippen LogP) is 1.70. The molecule has 68 valence electrons. The van der Waals surface area contributed by atoms with Crippen molar-refractivity contribution in [2.45, 2.75) is 45.6 Å². The standard InChI is InChI=1S/C10H17NO/c1-9(2)7-4-5-10(3,6-7)11-8(9)12/h7H,4-6H2,1-3H3,(H,11,12). The molecule has 0 radical (unpaired) electrons. The summed E-state index contributed by atoms with van der Waals surface area (Å²) in [6, 6.07) is 0. The van der Waals surface area contributed by atoms with Crippen LogP contribution >= 0.6 is 0 Å². The number of hydrogen-bond donors (Lipinski definition) is 1. The fourth-order valence-corrected chi connectivity index (χ4v) is 2.59. The molecule has 0 aromatic heterocycles. The van der Waals surface area contributed by atoms with E-state index in [1.807, 2.05) is 0 Å². The van der Waals surface area contributed by atoms with E-state index in [0.29, 0.717) is 5.92 Å². The second-order valence-corrected chi connectivity index (χ2v) is 5.18. The van der Waals surface area contributed by atoms with Crippen LogP contribution in [-0.2, 0) is 4.79 Å². The van der Waals surface area contributed by atoms with Crippen LogP contribution < -0.4 is 5.32 Å². The molecule has 0 spiro atoms. The minimum atomic E-state index is -0.129. The van der Waals surface area contributed by atoms with Crippen molar-refractivity contribution in [3.05, 3.63) is 0 Å². The van der Waals surface area contributed by atoms with E-state index in [1.54, 1.807) is 0 Å². The largest absolute Gasteiger partial charge is 0.350 e. The molecule has 1 aliphatic carbocycles. The normalized spacial score (nSPS) is 44.2. The van der Waals surface area contributed by atoms with Crippen molar-refractivity contribution < 1.29 is 4.79 Å². The third kappa shape index (κ3) is 0.900. The van der Waals surface area contributed by atoms with Gasteiger partial charge in [-0.1, -0.05) is 13.8 Å². The van der Waals surface area contributed by atoms with E-state index in [2.05, 4.69) is 26.1 Å². The van der Waals surface area contributed by atoms with Crippen LogP contribution in [0.25, 0.3) is 0 Å². The van der Waals surface area contributed by atoms with Crippen molar-refractivity contribution in [1.82, 2.24) is 5.32 Å². The Kier molecular flexibility index (Phi) is 1.37. The van der Waals surface area contributed by atoms with Gasteiger partial charge in [0, 0.05) is 11.0 Å². The molecular weight excluding hydrogens is 150 g/mol. The second kappa shape index (κ2) is 2.04. The highest BCUT2D eigenvalue weighted by molar-refractivity contribution is 5.84. The second-order valence-electron chi connectivity index (χ2n) is 5.18. The van der Waals surface area contributed by atoms with Crippen molar-refractivity contribution in [2.75, 3.05) is 0 Å². The molecule has 2 rings (SSSR count).